The van der Waals surface area contributed by atoms with E-state index in [1.165, 1.54) is 30.5 Å². The molecule has 3 rings (SSSR count). The van der Waals surface area contributed by atoms with Crippen molar-refractivity contribution in [2.75, 3.05) is 7.11 Å². The predicted molar refractivity (Wildman–Crippen MR) is 78.9 cm³/mol. The van der Waals surface area contributed by atoms with Crippen LogP contribution in [0.25, 0.3) is 16.7 Å². The first-order valence-electron chi connectivity index (χ1n) is 6.79. The molecule has 0 saturated heterocycles. The van der Waals surface area contributed by atoms with Crippen molar-refractivity contribution in [2.45, 2.75) is 13.3 Å². The molecule has 0 amide bonds. The quantitative estimate of drug-likeness (QED) is 0.531. The maximum atomic E-state index is 11.9. The second-order valence-electron chi connectivity index (χ2n) is 4.70. The summed E-state index contributed by atoms with van der Waals surface area (Å²) in [5.41, 5.74) is 0.449. The average molecular weight is 315 g/mol. The molecule has 0 aliphatic heterocycles. The number of hydrogen-bond acceptors (Lipinski definition) is 6. The normalized spacial score (nSPS) is 10.9. The van der Waals surface area contributed by atoms with Crippen LogP contribution >= 0.6 is 0 Å². The van der Waals surface area contributed by atoms with Crippen molar-refractivity contribution in [3.8, 4) is 11.6 Å². The summed E-state index contributed by atoms with van der Waals surface area (Å²) in [5, 5.41) is 13.6. The van der Waals surface area contributed by atoms with Crippen LogP contribution in [0.3, 0.4) is 0 Å². The smallest absolute Gasteiger partial charge is 0.377 e. The van der Waals surface area contributed by atoms with E-state index in [9.17, 15) is 9.59 Å². The Kier molecular flexibility index (Phi) is 3.53. The Morgan fingerprint density at radius 3 is 2.78 bits per heavy atom. The van der Waals surface area contributed by atoms with Crippen LogP contribution in [0.15, 0.2) is 18.7 Å². The van der Waals surface area contributed by atoms with Crippen molar-refractivity contribution in [1.82, 2.24) is 24.7 Å². The van der Waals surface area contributed by atoms with Crippen LogP contribution in [0.2, 0.25) is 0 Å². The fourth-order valence-electron chi connectivity index (χ4n) is 2.29. The molecule has 0 unspecified atom stereocenters. The number of fused-ring (bicyclic) bond motifs is 1. The van der Waals surface area contributed by atoms with Gasteiger partial charge in [0.2, 0.25) is 0 Å². The van der Waals surface area contributed by atoms with Gasteiger partial charge < -0.3 is 14.8 Å². The fraction of sp³-hybridized carbons (Fsp3) is 0.214. The SMILES string of the molecule is CCc1ncn(-c2ncc(OC)c3c(C(=O)C(=O)O)c[nH]c23)n1. The van der Waals surface area contributed by atoms with Gasteiger partial charge in [-0.1, -0.05) is 6.92 Å². The summed E-state index contributed by atoms with van der Waals surface area (Å²) in [6.07, 6.45) is 4.91. The molecular weight excluding hydrogens is 302 g/mol. The molecular formula is C14H13N5O4. The number of nitrogens with one attached hydrogen (secondary N) is 1. The molecule has 0 fully saturated rings. The molecule has 2 N–H and O–H groups in total. The zero-order chi connectivity index (χ0) is 16.6. The van der Waals surface area contributed by atoms with E-state index in [-0.39, 0.29) is 5.56 Å². The van der Waals surface area contributed by atoms with E-state index < -0.39 is 11.8 Å². The number of aliphatic carboxylic acids is 1. The van der Waals surface area contributed by atoms with Crippen molar-refractivity contribution < 1.29 is 19.4 Å². The van der Waals surface area contributed by atoms with Gasteiger partial charge in [0.05, 0.1) is 29.8 Å². The highest BCUT2D eigenvalue weighted by Gasteiger charge is 2.24. The van der Waals surface area contributed by atoms with Crippen LogP contribution in [0, 0.1) is 0 Å². The lowest BCUT2D eigenvalue weighted by atomic mass is 10.1. The number of aromatic amines is 1. The summed E-state index contributed by atoms with van der Waals surface area (Å²) in [4.78, 5) is 34.1. The van der Waals surface area contributed by atoms with Gasteiger partial charge in [0, 0.05) is 12.6 Å². The first-order valence-corrected chi connectivity index (χ1v) is 6.79. The summed E-state index contributed by atoms with van der Waals surface area (Å²) < 4.78 is 6.67. The number of pyridine rings is 1. The Morgan fingerprint density at radius 1 is 1.39 bits per heavy atom. The lowest BCUT2D eigenvalue weighted by Gasteiger charge is -2.06. The monoisotopic (exact) mass is 315 g/mol. The third kappa shape index (κ3) is 2.31. The Hall–Kier alpha value is -3.23. The fourth-order valence-corrected chi connectivity index (χ4v) is 2.29. The molecule has 118 valence electrons. The van der Waals surface area contributed by atoms with Crippen LogP contribution in [-0.2, 0) is 11.2 Å². The number of Topliss-reactive ketones (excluding diaryl/α,β-unsaturated/α-hetero) is 1. The molecule has 9 heteroatoms. The van der Waals surface area contributed by atoms with Gasteiger partial charge in [-0.2, -0.15) is 0 Å². The number of hydrogen-bond donors (Lipinski definition) is 2. The third-order valence-corrected chi connectivity index (χ3v) is 3.39. The average Bonchev–Trinajstić information content (AvgIpc) is 3.20. The number of aromatic nitrogens is 5. The number of H-pyrrole nitrogens is 1. The van der Waals surface area contributed by atoms with E-state index in [1.54, 1.807) is 0 Å². The highest BCUT2D eigenvalue weighted by molar-refractivity contribution is 6.42. The standard InChI is InChI=1S/C14H13N5O4/c1-3-9-17-6-19(18-9)13-11-10(8(23-2)5-16-13)7(4-15-11)12(20)14(21)22/h4-6,15H,3H2,1-2H3,(H,21,22). The van der Waals surface area contributed by atoms with Gasteiger partial charge >= 0.3 is 5.97 Å². The highest BCUT2D eigenvalue weighted by atomic mass is 16.5. The van der Waals surface area contributed by atoms with Crippen LogP contribution < -0.4 is 4.74 Å². The molecule has 3 heterocycles. The van der Waals surface area contributed by atoms with Crippen molar-refractivity contribution in [3.63, 3.8) is 0 Å². The van der Waals surface area contributed by atoms with E-state index >= 15 is 0 Å². The molecule has 0 atom stereocenters. The molecule has 9 nitrogen and oxygen atoms in total. The summed E-state index contributed by atoms with van der Waals surface area (Å²) in [7, 11) is 1.42. The van der Waals surface area contributed by atoms with E-state index in [2.05, 4.69) is 20.1 Å². The molecule has 0 radical (unpaired) electrons. The summed E-state index contributed by atoms with van der Waals surface area (Å²) in [6.45, 7) is 1.93. The number of ketones is 1. The minimum Gasteiger partial charge on any atom is -0.494 e. The summed E-state index contributed by atoms with van der Waals surface area (Å²) in [6, 6.07) is 0. The number of nitrogens with zero attached hydrogens (tertiary/aromatic N) is 4. The number of carboxylic acid groups (broad SMARTS) is 1. The maximum Gasteiger partial charge on any atom is 0.377 e. The van der Waals surface area contributed by atoms with Gasteiger partial charge in [0.1, 0.15) is 12.1 Å². The minimum atomic E-state index is -1.54. The van der Waals surface area contributed by atoms with Crippen molar-refractivity contribution in [2.24, 2.45) is 0 Å². The molecule has 0 aliphatic carbocycles. The maximum absolute atomic E-state index is 11.9. The Morgan fingerprint density at radius 2 is 2.17 bits per heavy atom. The molecule has 3 aromatic heterocycles. The molecule has 3 aromatic rings. The van der Waals surface area contributed by atoms with Crippen LogP contribution in [-0.4, -0.2) is 48.7 Å². The zero-order valence-corrected chi connectivity index (χ0v) is 12.4. The molecule has 0 aromatic carbocycles. The third-order valence-electron chi connectivity index (χ3n) is 3.39. The van der Waals surface area contributed by atoms with E-state index in [4.69, 9.17) is 9.84 Å². The number of rotatable bonds is 5. The van der Waals surface area contributed by atoms with Gasteiger partial charge in [-0.3, -0.25) is 4.79 Å². The molecule has 0 bridgehead atoms. The predicted octanol–water partition coefficient (Wildman–Crippen LogP) is 0.982. The van der Waals surface area contributed by atoms with E-state index in [0.29, 0.717) is 34.7 Å². The van der Waals surface area contributed by atoms with Gasteiger partial charge in [-0.15, -0.1) is 5.10 Å². The van der Waals surface area contributed by atoms with Crippen molar-refractivity contribution in [3.05, 3.63) is 30.1 Å². The van der Waals surface area contributed by atoms with Crippen LogP contribution in [0.1, 0.15) is 23.1 Å². The lowest BCUT2D eigenvalue weighted by Crippen LogP contribution is -2.12. The summed E-state index contributed by atoms with van der Waals surface area (Å²) in [5.74, 6) is -1.23. The van der Waals surface area contributed by atoms with E-state index in [1.807, 2.05) is 6.92 Å². The molecule has 0 saturated carbocycles. The number of methoxy groups -OCH3 is 1. The number of carboxylic acids is 1. The lowest BCUT2D eigenvalue weighted by molar-refractivity contribution is -0.131. The molecule has 0 spiro atoms. The minimum absolute atomic E-state index is 0.00355. The summed E-state index contributed by atoms with van der Waals surface area (Å²) >= 11 is 0. The number of carbonyl (C=O) groups is 2. The Bertz CT molecular complexity index is 911. The number of ether oxygens (including phenoxy) is 1. The van der Waals surface area contributed by atoms with Crippen molar-refractivity contribution in [1.29, 1.82) is 0 Å². The first-order chi connectivity index (χ1) is 11.1. The number of aryl methyl sites for hydroxylation is 1. The Balaban J connectivity index is 2.26. The zero-order valence-electron chi connectivity index (χ0n) is 12.4. The van der Waals surface area contributed by atoms with Gasteiger partial charge in [0.25, 0.3) is 5.78 Å². The topological polar surface area (TPSA) is 123 Å². The van der Waals surface area contributed by atoms with E-state index in [0.717, 1.165) is 0 Å². The second-order valence-corrected chi connectivity index (χ2v) is 4.70. The Labute approximate surface area is 129 Å². The van der Waals surface area contributed by atoms with Crippen LogP contribution in [0.5, 0.6) is 5.75 Å². The van der Waals surface area contributed by atoms with Crippen molar-refractivity contribution >= 4 is 22.7 Å². The van der Waals surface area contributed by atoms with Crippen LogP contribution in [0.4, 0.5) is 0 Å². The largest absolute Gasteiger partial charge is 0.494 e. The first kappa shape index (κ1) is 14.7. The highest BCUT2D eigenvalue weighted by Crippen LogP contribution is 2.31. The van der Waals surface area contributed by atoms with Gasteiger partial charge in [-0.25, -0.2) is 19.4 Å². The molecule has 23 heavy (non-hydrogen) atoms. The molecule has 0 aliphatic rings. The second kappa shape index (κ2) is 5.52. The number of carbonyl (C=O) groups excluding carboxylic acids is 1. The van der Waals surface area contributed by atoms with Gasteiger partial charge in [-0.05, 0) is 0 Å². The van der Waals surface area contributed by atoms with Gasteiger partial charge in [0.15, 0.2) is 11.6 Å².